The number of hydrogen-bond acceptors (Lipinski definition) is 4. The van der Waals surface area contributed by atoms with Gasteiger partial charge in [-0.05, 0) is 0 Å². The van der Waals surface area contributed by atoms with Crippen LogP contribution in [0, 0.1) is 0 Å². The van der Waals surface area contributed by atoms with Crippen LogP contribution in [-0.4, -0.2) is 28.4 Å². The molecule has 0 radical (unpaired) electrons. The average Bonchev–Trinajstić information content (AvgIpc) is 1.85. The van der Waals surface area contributed by atoms with Crippen LogP contribution in [0.25, 0.3) is 0 Å². The standard InChI is InChI=1S/C7H12O4.Na/c1-2-5(8)3-6(9)4-7(10)11;/h2,5-6,8-9H,1,3-4H2,(H,10,11);/q;+1/p-1/t5-,6-;/m1./s1. The van der Waals surface area contributed by atoms with Gasteiger partial charge in [-0.1, -0.05) is 6.08 Å². The zero-order valence-electron chi connectivity index (χ0n) is 7.06. The van der Waals surface area contributed by atoms with Crippen LogP contribution in [-0.2, 0) is 4.79 Å². The van der Waals surface area contributed by atoms with E-state index in [2.05, 4.69) is 6.58 Å². The summed E-state index contributed by atoms with van der Waals surface area (Å²) >= 11 is 0. The summed E-state index contributed by atoms with van der Waals surface area (Å²) in [6.07, 6.45) is -1.15. The van der Waals surface area contributed by atoms with E-state index in [1.807, 2.05) is 0 Å². The first-order valence-electron chi connectivity index (χ1n) is 3.24. The van der Waals surface area contributed by atoms with Crippen molar-refractivity contribution in [2.24, 2.45) is 0 Å². The van der Waals surface area contributed by atoms with Gasteiger partial charge in [-0.2, -0.15) is 0 Å². The topological polar surface area (TPSA) is 80.6 Å². The number of aliphatic carboxylic acids is 1. The van der Waals surface area contributed by atoms with Gasteiger partial charge < -0.3 is 20.1 Å². The number of carbonyl (C=O) groups is 1. The Kier molecular flexibility index (Phi) is 9.47. The molecule has 0 aromatic heterocycles. The Labute approximate surface area is 93.2 Å². The number of aliphatic hydroxyl groups is 2. The predicted octanol–water partition coefficient (Wildman–Crippen LogP) is -4.57. The summed E-state index contributed by atoms with van der Waals surface area (Å²) in [5.74, 6) is -1.33. The predicted molar refractivity (Wildman–Crippen MR) is 36.5 cm³/mol. The molecule has 2 atom stereocenters. The van der Waals surface area contributed by atoms with Gasteiger partial charge in [0.2, 0.25) is 0 Å². The van der Waals surface area contributed by atoms with Crippen LogP contribution in [0.4, 0.5) is 0 Å². The Morgan fingerprint density at radius 1 is 1.58 bits per heavy atom. The fraction of sp³-hybridized carbons (Fsp3) is 0.571. The van der Waals surface area contributed by atoms with Crippen molar-refractivity contribution in [1.29, 1.82) is 0 Å². The molecule has 4 nitrogen and oxygen atoms in total. The van der Waals surface area contributed by atoms with Gasteiger partial charge >= 0.3 is 29.6 Å². The fourth-order valence-electron chi connectivity index (χ4n) is 0.651. The van der Waals surface area contributed by atoms with Gasteiger partial charge in [-0.3, -0.25) is 0 Å². The second-order valence-electron chi connectivity index (χ2n) is 2.27. The SMILES string of the molecule is C=C[C@@H](O)C[C@@H](O)CC(=O)[O-].[Na+]. The zero-order chi connectivity index (χ0) is 8.85. The Hall–Kier alpha value is 0.130. The molecule has 0 aliphatic carbocycles. The first-order chi connectivity index (χ1) is 5.06. The summed E-state index contributed by atoms with van der Waals surface area (Å²) in [6.45, 7) is 3.27. The third-order valence-electron chi connectivity index (χ3n) is 1.19. The molecule has 0 aromatic rings. The number of hydrogen-bond donors (Lipinski definition) is 2. The minimum Gasteiger partial charge on any atom is -0.550 e. The second-order valence-corrected chi connectivity index (χ2v) is 2.27. The number of carboxylic acid groups (broad SMARTS) is 1. The third-order valence-corrected chi connectivity index (χ3v) is 1.19. The Morgan fingerprint density at radius 2 is 2.08 bits per heavy atom. The molecule has 0 saturated carbocycles. The summed E-state index contributed by atoms with van der Waals surface area (Å²) in [7, 11) is 0. The van der Waals surface area contributed by atoms with E-state index in [1.54, 1.807) is 0 Å². The van der Waals surface area contributed by atoms with Gasteiger partial charge in [0.15, 0.2) is 0 Å². The Balaban J connectivity index is 0. The smallest absolute Gasteiger partial charge is 0.550 e. The molecule has 0 amide bonds. The van der Waals surface area contributed by atoms with Crippen molar-refractivity contribution in [1.82, 2.24) is 0 Å². The molecule has 0 unspecified atom stereocenters. The molecule has 0 bridgehead atoms. The molecule has 2 N–H and O–H groups in total. The zero-order valence-corrected chi connectivity index (χ0v) is 9.06. The number of carbonyl (C=O) groups excluding carboxylic acids is 1. The van der Waals surface area contributed by atoms with E-state index in [4.69, 9.17) is 10.2 Å². The monoisotopic (exact) mass is 182 g/mol. The van der Waals surface area contributed by atoms with Crippen molar-refractivity contribution >= 4 is 5.97 Å². The first-order valence-corrected chi connectivity index (χ1v) is 3.24. The van der Waals surface area contributed by atoms with Gasteiger partial charge in [0.05, 0.1) is 12.2 Å². The van der Waals surface area contributed by atoms with E-state index in [-0.39, 0.29) is 36.0 Å². The molecule has 0 aliphatic heterocycles. The Bertz CT molecular complexity index is 148. The minimum atomic E-state index is -1.33. The molecule has 0 aliphatic rings. The van der Waals surface area contributed by atoms with E-state index < -0.39 is 24.6 Å². The van der Waals surface area contributed by atoms with Crippen molar-refractivity contribution in [2.75, 3.05) is 0 Å². The van der Waals surface area contributed by atoms with Crippen LogP contribution in [0.5, 0.6) is 0 Å². The van der Waals surface area contributed by atoms with Crippen molar-refractivity contribution in [3.8, 4) is 0 Å². The van der Waals surface area contributed by atoms with Crippen molar-refractivity contribution < 1.29 is 49.7 Å². The van der Waals surface area contributed by atoms with Gasteiger partial charge in [0.25, 0.3) is 0 Å². The molecule has 12 heavy (non-hydrogen) atoms. The maximum atomic E-state index is 9.90. The number of rotatable bonds is 5. The summed E-state index contributed by atoms with van der Waals surface area (Å²) in [6, 6.07) is 0. The minimum absolute atomic E-state index is 0. The Morgan fingerprint density at radius 3 is 2.42 bits per heavy atom. The van der Waals surface area contributed by atoms with E-state index in [0.29, 0.717) is 0 Å². The van der Waals surface area contributed by atoms with Crippen LogP contribution in [0.15, 0.2) is 12.7 Å². The number of aliphatic hydroxyl groups excluding tert-OH is 2. The van der Waals surface area contributed by atoms with E-state index >= 15 is 0 Å². The first kappa shape index (κ1) is 14.6. The van der Waals surface area contributed by atoms with Crippen LogP contribution in [0.3, 0.4) is 0 Å². The van der Waals surface area contributed by atoms with Crippen LogP contribution in [0.1, 0.15) is 12.8 Å². The molecule has 5 heteroatoms. The molecular weight excluding hydrogens is 171 g/mol. The van der Waals surface area contributed by atoms with Crippen LogP contribution in [0.2, 0.25) is 0 Å². The van der Waals surface area contributed by atoms with Gasteiger partial charge in [0, 0.05) is 18.8 Å². The molecular formula is C7H11NaO4. The largest absolute Gasteiger partial charge is 1.00 e. The second kappa shape index (κ2) is 7.76. The van der Waals surface area contributed by atoms with Crippen molar-refractivity contribution in [3.63, 3.8) is 0 Å². The molecule has 0 saturated heterocycles. The van der Waals surface area contributed by atoms with Crippen LogP contribution < -0.4 is 34.7 Å². The van der Waals surface area contributed by atoms with Crippen molar-refractivity contribution in [3.05, 3.63) is 12.7 Å². The normalized spacial score (nSPS) is 14.2. The van der Waals surface area contributed by atoms with Gasteiger partial charge in [-0.25, -0.2) is 0 Å². The number of carboxylic acids is 1. The summed E-state index contributed by atoms with van der Waals surface area (Å²) in [5, 5.41) is 27.6. The summed E-state index contributed by atoms with van der Waals surface area (Å²) in [4.78, 5) is 9.90. The van der Waals surface area contributed by atoms with E-state index in [1.165, 1.54) is 6.08 Å². The fourth-order valence-corrected chi connectivity index (χ4v) is 0.651. The molecule has 0 fully saturated rings. The van der Waals surface area contributed by atoms with Gasteiger partial charge in [0.1, 0.15) is 0 Å². The van der Waals surface area contributed by atoms with E-state index in [9.17, 15) is 9.90 Å². The third kappa shape index (κ3) is 8.23. The average molecular weight is 182 g/mol. The summed E-state index contributed by atoms with van der Waals surface area (Å²) < 4.78 is 0. The molecule has 0 heterocycles. The molecule has 0 spiro atoms. The van der Waals surface area contributed by atoms with Crippen LogP contribution >= 0.6 is 0 Å². The van der Waals surface area contributed by atoms with Crippen molar-refractivity contribution in [2.45, 2.75) is 25.0 Å². The summed E-state index contributed by atoms with van der Waals surface area (Å²) in [5.41, 5.74) is 0. The van der Waals surface area contributed by atoms with E-state index in [0.717, 1.165) is 0 Å². The maximum absolute atomic E-state index is 9.90. The molecule has 64 valence electrons. The molecule has 0 rings (SSSR count). The quantitative estimate of drug-likeness (QED) is 0.331. The molecule has 0 aromatic carbocycles. The maximum Gasteiger partial charge on any atom is 1.00 e. The van der Waals surface area contributed by atoms with Gasteiger partial charge in [-0.15, -0.1) is 6.58 Å².